The lowest BCUT2D eigenvalue weighted by Gasteiger charge is -2.35. The van der Waals surface area contributed by atoms with Gasteiger partial charge in [-0.25, -0.2) is 9.97 Å². The van der Waals surface area contributed by atoms with Gasteiger partial charge in [0.15, 0.2) is 0 Å². The normalized spacial score (nSPS) is 13.8. The second-order valence-electron chi connectivity index (χ2n) is 8.97. The topological polar surface area (TPSA) is 58.6 Å². The minimum absolute atomic E-state index is 0.0426. The van der Waals surface area contributed by atoms with E-state index in [4.69, 9.17) is 9.72 Å². The third-order valence-electron chi connectivity index (χ3n) is 6.83. The summed E-state index contributed by atoms with van der Waals surface area (Å²) in [5.41, 5.74) is 3.28. The molecule has 0 aliphatic carbocycles. The second kappa shape index (κ2) is 9.30. The van der Waals surface area contributed by atoms with Crippen molar-refractivity contribution in [2.45, 2.75) is 0 Å². The van der Waals surface area contributed by atoms with Crippen LogP contribution in [0.25, 0.3) is 32.9 Å². The molecule has 5 aromatic rings. The average molecular weight is 475 g/mol. The van der Waals surface area contributed by atoms with Crippen LogP contribution in [0.3, 0.4) is 0 Å². The van der Waals surface area contributed by atoms with Gasteiger partial charge >= 0.3 is 0 Å². The Bertz CT molecular complexity index is 1560. The molecule has 178 valence electrons. The van der Waals surface area contributed by atoms with Crippen LogP contribution in [0.4, 0.5) is 5.82 Å². The number of para-hydroxylation sites is 1. The van der Waals surface area contributed by atoms with Crippen molar-refractivity contribution in [3.63, 3.8) is 0 Å². The molecule has 1 amide bonds. The van der Waals surface area contributed by atoms with Crippen molar-refractivity contribution < 1.29 is 9.53 Å². The molecule has 6 heteroatoms. The summed E-state index contributed by atoms with van der Waals surface area (Å²) >= 11 is 0. The number of anilines is 1. The van der Waals surface area contributed by atoms with Crippen LogP contribution in [0.15, 0.2) is 91.1 Å². The van der Waals surface area contributed by atoms with Crippen LogP contribution in [-0.2, 0) is 0 Å². The standard InChI is InChI=1S/C30H26N4O2/c1-36-24-12-11-21-18-23(10-9-22(21)19-24)28-20-26(25-6-2-3-7-27(25)32-28)30(35)34-16-14-33(15-17-34)29-8-4-5-13-31-29/h2-13,18-20H,14-17H2,1H3. The van der Waals surface area contributed by atoms with Gasteiger partial charge in [-0.15, -0.1) is 0 Å². The van der Waals surface area contributed by atoms with E-state index >= 15 is 0 Å². The van der Waals surface area contributed by atoms with Crippen molar-refractivity contribution >= 4 is 33.4 Å². The van der Waals surface area contributed by atoms with Crippen LogP contribution in [0, 0.1) is 0 Å². The van der Waals surface area contributed by atoms with E-state index in [0.717, 1.165) is 57.6 Å². The number of carbonyl (C=O) groups excluding carboxylic acids is 1. The van der Waals surface area contributed by atoms with Gasteiger partial charge in [0.05, 0.1) is 23.9 Å². The number of rotatable bonds is 4. The van der Waals surface area contributed by atoms with E-state index in [1.165, 1.54) is 0 Å². The molecular formula is C30H26N4O2. The van der Waals surface area contributed by atoms with E-state index in [1.54, 1.807) is 13.3 Å². The summed E-state index contributed by atoms with van der Waals surface area (Å²) in [7, 11) is 1.67. The van der Waals surface area contributed by atoms with Gasteiger partial charge in [-0.1, -0.05) is 42.5 Å². The van der Waals surface area contributed by atoms with Crippen molar-refractivity contribution in [1.82, 2.24) is 14.9 Å². The second-order valence-corrected chi connectivity index (χ2v) is 8.97. The van der Waals surface area contributed by atoms with Gasteiger partial charge < -0.3 is 14.5 Å². The number of hydrogen-bond acceptors (Lipinski definition) is 5. The van der Waals surface area contributed by atoms with Gasteiger partial charge in [0.1, 0.15) is 11.6 Å². The van der Waals surface area contributed by atoms with Crippen molar-refractivity contribution in [2.75, 3.05) is 38.2 Å². The number of methoxy groups -OCH3 is 1. The fourth-order valence-electron chi connectivity index (χ4n) is 4.86. The molecule has 0 N–H and O–H groups in total. The Hall–Kier alpha value is -4.45. The summed E-state index contributed by atoms with van der Waals surface area (Å²) in [6.07, 6.45) is 1.81. The number of hydrogen-bond donors (Lipinski definition) is 0. The number of amides is 1. The molecule has 2 aromatic heterocycles. The Kier molecular flexibility index (Phi) is 5.70. The molecule has 1 fully saturated rings. The van der Waals surface area contributed by atoms with Crippen molar-refractivity contribution in [3.05, 3.63) is 96.7 Å². The van der Waals surface area contributed by atoms with E-state index in [1.807, 2.05) is 71.6 Å². The van der Waals surface area contributed by atoms with Gasteiger partial charge in [0.25, 0.3) is 5.91 Å². The van der Waals surface area contributed by atoms with Gasteiger partial charge in [-0.2, -0.15) is 0 Å². The maximum absolute atomic E-state index is 13.8. The first-order valence-electron chi connectivity index (χ1n) is 12.1. The van der Waals surface area contributed by atoms with Gasteiger partial charge in [0.2, 0.25) is 0 Å². The Morgan fingerprint density at radius 2 is 1.61 bits per heavy atom. The van der Waals surface area contributed by atoms with Crippen molar-refractivity contribution in [3.8, 4) is 17.0 Å². The monoisotopic (exact) mass is 474 g/mol. The molecule has 0 spiro atoms. The summed E-state index contributed by atoms with van der Waals surface area (Å²) in [6, 6.07) is 28.0. The quantitative estimate of drug-likeness (QED) is 0.348. The molecule has 3 aromatic carbocycles. The summed E-state index contributed by atoms with van der Waals surface area (Å²) in [6.45, 7) is 2.82. The molecule has 0 saturated carbocycles. The Balaban J connectivity index is 1.33. The van der Waals surface area contributed by atoms with Gasteiger partial charge in [0, 0.05) is 43.3 Å². The highest BCUT2D eigenvalue weighted by atomic mass is 16.5. The predicted octanol–water partition coefficient (Wildman–Crippen LogP) is 5.42. The predicted molar refractivity (Wildman–Crippen MR) is 144 cm³/mol. The maximum Gasteiger partial charge on any atom is 0.254 e. The van der Waals surface area contributed by atoms with Crippen LogP contribution in [0.2, 0.25) is 0 Å². The highest BCUT2D eigenvalue weighted by Crippen LogP contribution is 2.30. The lowest BCUT2D eigenvalue weighted by molar-refractivity contribution is 0.0748. The average Bonchev–Trinajstić information content (AvgIpc) is 2.96. The number of pyridine rings is 2. The summed E-state index contributed by atoms with van der Waals surface area (Å²) in [4.78, 5) is 27.3. The van der Waals surface area contributed by atoms with Crippen LogP contribution in [0.1, 0.15) is 10.4 Å². The fourth-order valence-corrected chi connectivity index (χ4v) is 4.86. The van der Waals surface area contributed by atoms with E-state index in [9.17, 15) is 4.79 Å². The number of benzene rings is 3. The molecule has 36 heavy (non-hydrogen) atoms. The van der Waals surface area contributed by atoms with E-state index in [2.05, 4.69) is 28.1 Å². The minimum Gasteiger partial charge on any atom is -0.497 e. The number of nitrogens with zero attached hydrogens (tertiary/aromatic N) is 4. The summed E-state index contributed by atoms with van der Waals surface area (Å²) in [5, 5.41) is 3.08. The number of aromatic nitrogens is 2. The zero-order chi connectivity index (χ0) is 24.5. The lowest BCUT2D eigenvalue weighted by Crippen LogP contribution is -2.49. The molecule has 0 unspecified atom stereocenters. The van der Waals surface area contributed by atoms with Crippen LogP contribution in [0.5, 0.6) is 5.75 Å². The molecule has 6 nitrogen and oxygen atoms in total. The Labute approximate surface area is 209 Å². The third kappa shape index (κ3) is 4.11. The van der Waals surface area contributed by atoms with Gasteiger partial charge in [-0.3, -0.25) is 4.79 Å². The fraction of sp³-hybridized carbons (Fsp3) is 0.167. The number of ether oxygens (including phenoxy) is 1. The van der Waals surface area contributed by atoms with Crippen LogP contribution in [-0.4, -0.2) is 54.1 Å². The van der Waals surface area contributed by atoms with Crippen molar-refractivity contribution in [2.24, 2.45) is 0 Å². The molecule has 3 heterocycles. The van der Waals surface area contributed by atoms with Gasteiger partial charge in [-0.05, 0) is 53.2 Å². The smallest absolute Gasteiger partial charge is 0.254 e. The van der Waals surface area contributed by atoms with Crippen LogP contribution < -0.4 is 9.64 Å². The van der Waals surface area contributed by atoms with E-state index in [0.29, 0.717) is 18.7 Å². The Morgan fingerprint density at radius 1 is 0.833 bits per heavy atom. The van der Waals surface area contributed by atoms with Crippen molar-refractivity contribution in [1.29, 1.82) is 0 Å². The maximum atomic E-state index is 13.8. The minimum atomic E-state index is 0.0426. The Morgan fingerprint density at radius 3 is 2.42 bits per heavy atom. The lowest BCUT2D eigenvalue weighted by atomic mass is 10.0. The zero-order valence-corrected chi connectivity index (χ0v) is 20.1. The number of piperazine rings is 1. The van der Waals surface area contributed by atoms with E-state index < -0.39 is 0 Å². The summed E-state index contributed by atoms with van der Waals surface area (Å²) < 4.78 is 5.36. The molecule has 1 aliphatic heterocycles. The highest BCUT2D eigenvalue weighted by molar-refractivity contribution is 6.07. The first kappa shape index (κ1) is 22.0. The van der Waals surface area contributed by atoms with E-state index in [-0.39, 0.29) is 5.91 Å². The number of carbonyl (C=O) groups is 1. The molecule has 0 atom stereocenters. The highest BCUT2D eigenvalue weighted by Gasteiger charge is 2.25. The molecule has 0 bridgehead atoms. The molecule has 1 saturated heterocycles. The first-order chi connectivity index (χ1) is 17.7. The largest absolute Gasteiger partial charge is 0.497 e. The zero-order valence-electron chi connectivity index (χ0n) is 20.1. The molecule has 6 rings (SSSR count). The third-order valence-corrected chi connectivity index (χ3v) is 6.83. The SMILES string of the molecule is COc1ccc2cc(-c3cc(C(=O)N4CCN(c5ccccn5)CC4)c4ccccc4n3)ccc2c1. The summed E-state index contributed by atoms with van der Waals surface area (Å²) in [5.74, 6) is 1.83. The molecule has 0 radical (unpaired) electrons. The number of fused-ring (bicyclic) bond motifs is 2. The molecular weight excluding hydrogens is 448 g/mol. The van der Waals surface area contributed by atoms with Crippen LogP contribution >= 0.6 is 0 Å². The molecule has 1 aliphatic rings. The first-order valence-corrected chi connectivity index (χ1v) is 12.1.